The molecule has 17 heavy (non-hydrogen) atoms. The van der Waals surface area contributed by atoms with E-state index in [2.05, 4.69) is 24.1 Å². The van der Waals surface area contributed by atoms with Gasteiger partial charge in [0.05, 0.1) is 6.04 Å². The van der Waals surface area contributed by atoms with Crippen LogP contribution in [-0.2, 0) is 4.79 Å². The first kappa shape index (κ1) is 12.9. The molecule has 0 radical (unpaired) electrons. The highest BCUT2D eigenvalue weighted by Gasteiger charge is 2.41. The average molecular weight is 238 g/mol. The summed E-state index contributed by atoms with van der Waals surface area (Å²) in [5, 5.41) is 3.19. The topological polar surface area (TPSA) is 32.3 Å². The average Bonchev–Trinajstić information content (AvgIpc) is 2.73. The third kappa shape index (κ3) is 2.49. The zero-order valence-corrected chi connectivity index (χ0v) is 11.5. The summed E-state index contributed by atoms with van der Waals surface area (Å²) in [7, 11) is 1.91. The molecule has 98 valence electrons. The van der Waals surface area contributed by atoms with E-state index in [1.165, 1.54) is 25.7 Å². The van der Waals surface area contributed by atoms with Crippen LogP contribution in [0.4, 0.5) is 0 Å². The monoisotopic (exact) mass is 238 g/mol. The third-order valence-electron chi connectivity index (χ3n) is 4.51. The first-order valence-corrected chi connectivity index (χ1v) is 7.07. The van der Waals surface area contributed by atoms with Crippen molar-refractivity contribution in [3.8, 4) is 0 Å². The van der Waals surface area contributed by atoms with Gasteiger partial charge in [-0.25, -0.2) is 0 Å². The fourth-order valence-electron chi connectivity index (χ4n) is 3.55. The molecule has 1 unspecified atom stereocenters. The van der Waals surface area contributed by atoms with Gasteiger partial charge in [0.2, 0.25) is 5.91 Å². The molecule has 3 heteroatoms. The van der Waals surface area contributed by atoms with E-state index < -0.39 is 0 Å². The molecule has 1 heterocycles. The first-order chi connectivity index (χ1) is 8.06. The Morgan fingerprint density at radius 1 is 1.18 bits per heavy atom. The van der Waals surface area contributed by atoms with E-state index >= 15 is 0 Å². The summed E-state index contributed by atoms with van der Waals surface area (Å²) in [6.45, 7) is 4.47. The number of hydrogen-bond acceptors (Lipinski definition) is 2. The lowest BCUT2D eigenvalue weighted by molar-refractivity contribution is -0.140. The minimum atomic E-state index is 0.0392. The summed E-state index contributed by atoms with van der Waals surface area (Å²) in [6, 6.07) is 0.531. The van der Waals surface area contributed by atoms with Crippen molar-refractivity contribution in [1.82, 2.24) is 10.2 Å². The van der Waals surface area contributed by atoms with Crippen LogP contribution >= 0.6 is 0 Å². The van der Waals surface area contributed by atoms with Gasteiger partial charge in [0.15, 0.2) is 0 Å². The third-order valence-corrected chi connectivity index (χ3v) is 4.51. The second-order valence-electron chi connectivity index (χ2n) is 6.19. The fraction of sp³-hybridized carbons (Fsp3) is 0.929. The van der Waals surface area contributed by atoms with E-state index in [-0.39, 0.29) is 11.6 Å². The Hall–Kier alpha value is -0.570. The summed E-state index contributed by atoms with van der Waals surface area (Å²) in [6.07, 6.45) is 8.24. The normalized spacial score (nSPS) is 30.6. The lowest BCUT2D eigenvalue weighted by Crippen LogP contribution is -2.56. The zero-order chi connectivity index (χ0) is 12.5. The SMILES string of the molecule is CNC1CCCC(C)(C)N(C2CCCC2)C1=O. The maximum atomic E-state index is 12.6. The lowest BCUT2D eigenvalue weighted by Gasteiger charge is -2.42. The molecule has 0 spiro atoms. The molecular formula is C14H26N2O. The molecule has 1 saturated heterocycles. The van der Waals surface area contributed by atoms with Gasteiger partial charge in [-0.05, 0) is 53.0 Å². The number of carbonyl (C=O) groups excluding carboxylic acids is 1. The van der Waals surface area contributed by atoms with Crippen molar-refractivity contribution < 1.29 is 4.79 Å². The zero-order valence-electron chi connectivity index (χ0n) is 11.5. The Morgan fingerprint density at radius 3 is 2.41 bits per heavy atom. The Morgan fingerprint density at radius 2 is 1.82 bits per heavy atom. The maximum Gasteiger partial charge on any atom is 0.240 e. The second kappa shape index (κ2) is 4.97. The van der Waals surface area contributed by atoms with Crippen molar-refractivity contribution in [2.45, 2.75) is 76.4 Å². The summed E-state index contributed by atoms with van der Waals surface area (Å²) in [5.41, 5.74) is 0.0394. The molecule has 1 N–H and O–H groups in total. The number of hydrogen-bond donors (Lipinski definition) is 1. The molecule has 0 aromatic heterocycles. The van der Waals surface area contributed by atoms with Crippen molar-refractivity contribution in [1.29, 1.82) is 0 Å². The van der Waals surface area contributed by atoms with Crippen molar-refractivity contribution in [2.75, 3.05) is 7.05 Å². The predicted octanol–water partition coefficient (Wildman–Crippen LogP) is 2.31. The van der Waals surface area contributed by atoms with Gasteiger partial charge in [-0.2, -0.15) is 0 Å². The van der Waals surface area contributed by atoms with Crippen LogP contribution in [0.3, 0.4) is 0 Å². The van der Waals surface area contributed by atoms with Gasteiger partial charge in [-0.1, -0.05) is 12.8 Å². The maximum absolute atomic E-state index is 12.6. The quantitative estimate of drug-likeness (QED) is 0.800. The minimum absolute atomic E-state index is 0.0392. The molecule has 1 atom stereocenters. The fourth-order valence-corrected chi connectivity index (χ4v) is 3.55. The van der Waals surface area contributed by atoms with E-state index in [1.54, 1.807) is 0 Å². The van der Waals surface area contributed by atoms with Crippen molar-refractivity contribution in [3.63, 3.8) is 0 Å². The van der Waals surface area contributed by atoms with E-state index in [9.17, 15) is 4.79 Å². The molecule has 0 aromatic carbocycles. The summed E-state index contributed by atoms with van der Waals surface area (Å²) in [4.78, 5) is 14.9. The predicted molar refractivity (Wildman–Crippen MR) is 69.9 cm³/mol. The van der Waals surface area contributed by atoms with Crippen LogP contribution in [0.2, 0.25) is 0 Å². The van der Waals surface area contributed by atoms with Crippen molar-refractivity contribution in [2.24, 2.45) is 0 Å². The van der Waals surface area contributed by atoms with Gasteiger partial charge in [0.25, 0.3) is 0 Å². The molecular weight excluding hydrogens is 212 g/mol. The molecule has 1 aliphatic carbocycles. The van der Waals surface area contributed by atoms with Gasteiger partial charge < -0.3 is 10.2 Å². The number of likely N-dealkylation sites (N-methyl/N-ethyl adjacent to an activating group) is 1. The molecule has 2 aliphatic rings. The highest BCUT2D eigenvalue weighted by Crippen LogP contribution is 2.35. The number of nitrogens with one attached hydrogen (secondary N) is 1. The molecule has 1 aliphatic heterocycles. The Kier molecular flexibility index (Phi) is 3.76. The number of carbonyl (C=O) groups is 1. The van der Waals surface area contributed by atoms with E-state index in [4.69, 9.17) is 0 Å². The van der Waals surface area contributed by atoms with Gasteiger partial charge in [0.1, 0.15) is 0 Å². The van der Waals surface area contributed by atoms with Crippen LogP contribution in [-0.4, -0.2) is 35.5 Å². The van der Waals surface area contributed by atoms with Crippen LogP contribution in [0.15, 0.2) is 0 Å². The Labute approximate surface area is 105 Å². The summed E-state index contributed by atoms with van der Waals surface area (Å²) in [5.74, 6) is 0.335. The summed E-state index contributed by atoms with van der Waals surface area (Å²) >= 11 is 0. The van der Waals surface area contributed by atoms with Gasteiger partial charge >= 0.3 is 0 Å². The highest BCUT2D eigenvalue weighted by molar-refractivity contribution is 5.83. The molecule has 3 nitrogen and oxygen atoms in total. The molecule has 2 rings (SSSR count). The van der Waals surface area contributed by atoms with E-state index in [1.807, 2.05) is 7.05 Å². The van der Waals surface area contributed by atoms with Crippen LogP contribution in [0, 0.1) is 0 Å². The number of likely N-dealkylation sites (tertiary alicyclic amines) is 1. The minimum Gasteiger partial charge on any atom is -0.333 e. The standard InChI is InChI=1S/C14H26N2O/c1-14(2)10-6-9-12(15-3)13(17)16(14)11-7-4-5-8-11/h11-12,15H,4-10H2,1-3H3. The smallest absolute Gasteiger partial charge is 0.240 e. The molecule has 1 amide bonds. The van der Waals surface area contributed by atoms with E-state index in [0.717, 1.165) is 19.3 Å². The van der Waals surface area contributed by atoms with Crippen molar-refractivity contribution >= 4 is 5.91 Å². The lowest BCUT2D eigenvalue weighted by atomic mass is 9.94. The van der Waals surface area contributed by atoms with Crippen LogP contribution < -0.4 is 5.32 Å². The number of amides is 1. The highest BCUT2D eigenvalue weighted by atomic mass is 16.2. The first-order valence-electron chi connectivity index (χ1n) is 7.07. The number of nitrogens with zero attached hydrogens (tertiary/aromatic N) is 1. The molecule has 1 saturated carbocycles. The molecule has 0 aromatic rings. The second-order valence-corrected chi connectivity index (χ2v) is 6.19. The molecule has 2 fully saturated rings. The number of rotatable bonds is 2. The van der Waals surface area contributed by atoms with Crippen LogP contribution in [0.25, 0.3) is 0 Å². The van der Waals surface area contributed by atoms with Gasteiger partial charge in [0, 0.05) is 11.6 Å². The Balaban J connectivity index is 2.23. The largest absolute Gasteiger partial charge is 0.333 e. The van der Waals surface area contributed by atoms with Crippen molar-refractivity contribution in [3.05, 3.63) is 0 Å². The van der Waals surface area contributed by atoms with Gasteiger partial charge in [-0.3, -0.25) is 4.79 Å². The van der Waals surface area contributed by atoms with Crippen LogP contribution in [0.1, 0.15) is 58.8 Å². The molecule has 0 bridgehead atoms. The van der Waals surface area contributed by atoms with Crippen LogP contribution in [0.5, 0.6) is 0 Å². The Bertz CT molecular complexity index is 282. The van der Waals surface area contributed by atoms with E-state index in [0.29, 0.717) is 11.9 Å². The summed E-state index contributed by atoms with van der Waals surface area (Å²) < 4.78 is 0. The van der Waals surface area contributed by atoms with Gasteiger partial charge in [-0.15, -0.1) is 0 Å².